The van der Waals surface area contributed by atoms with Crippen molar-refractivity contribution in [3.8, 4) is 11.8 Å². The van der Waals surface area contributed by atoms with Crippen LogP contribution in [-0.2, 0) is 16.9 Å². The van der Waals surface area contributed by atoms with E-state index >= 15 is 0 Å². The molecule has 3 aromatic heterocycles. The first kappa shape index (κ1) is 22.1. The zero-order valence-corrected chi connectivity index (χ0v) is 18.0. The standard InChI is InChI=1S/C23H25N3O5/c1-6-8-11-26-13-16(9-10-23(5,29)17-12-14(3)31-25-17)19-18(22(28)30-7-2)15(4)24-20(19)21(26)27/h6,12-13,24,29H,1,7-8,11H2,2-5H3. The number of fused-ring (bicyclic) bond motifs is 1. The molecule has 0 bridgehead atoms. The van der Waals surface area contributed by atoms with Crippen LogP contribution in [0.25, 0.3) is 10.9 Å². The maximum absolute atomic E-state index is 13.0. The molecule has 0 aliphatic heterocycles. The molecule has 2 N–H and O–H groups in total. The van der Waals surface area contributed by atoms with Crippen molar-refractivity contribution >= 4 is 16.9 Å². The van der Waals surface area contributed by atoms with Crippen LogP contribution in [0.5, 0.6) is 0 Å². The fourth-order valence-electron chi connectivity index (χ4n) is 3.28. The van der Waals surface area contributed by atoms with Crippen LogP contribution in [0.2, 0.25) is 0 Å². The quantitative estimate of drug-likeness (QED) is 0.358. The Hall–Kier alpha value is -3.57. The first-order valence-electron chi connectivity index (χ1n) is 9.92. The highest BCUT2D eigenvalue weighted by Gasteiger charge is 2.26. The number of aryl methyl sites for hydroxylation is 3. The molecule has 31 heavy (non-hydrogen) atoms. The summed E-state index contributed by atoms with van der Waals surface area (Å²) < 4.78 is 11.7. The second-order valence-electron chi connectivity index (χ2n) is 7.36. The number of nitrogens with zero attached hydrogens (tertiary/aromatic N) is 2. The molecule has 0 radical (unpaired) electrons. The van der Waals surface area contributed by atoms with Gasteiger partial charge in [-0.05, 0) is 34.1 Å². The molecule has 3 aromatic rings. The Morgan fingerprint density at radius 1 is 1.48 bits per heavy atom. The Balaban J connectivity index is 2.25. The second-order valence-corrected chi connectivity index (χ2v) is 7.36. The number of pyridine rings is 1. The average Bonchev–Trinajstić information content (AvgIpc) is 3.31. The van der Waals surface area contributed by atoms with Crippen LogP contribution in [0.1, 0.15) is 53.3 Å². The van der Waals surface area contributed by atoms with E-state index in [-0.39, 0.29) is 28.9 Å². The van der Waals surface area contributed by atoms with Gasteiger partial charge in [-0.1, -0.05) is 23.1 Å². The first-order chi connectivity index (χ1) is 14.7. The molecule has 0 saturated heterocycles. The minimum Gasteiger partial charge on any atom is -0.462 e. The van der Waals surface area contributed by atoms with Crippen LogP contribution in [0.15, 0.2) is 34.2 Å². The summed E-state index contributed by atoms with van der Waals surface area (Å²) in [4.78, 5) is 28.6. The van der Waals surface area contributed by atoms with E-state index in [0.29, 0.717) is 35.4 Å². The van der Waals surface area contributed by atoms with Gasteiger partial charge in [-0.25, -0.2) is 4.79 Å². The van der Waals surface area contributed by atoms with E-state index in [1.807, 2.05) is 0 Å². The summed E-state index contributed by atoms with van der Waals surface area (Å²) in [6.45, 7) is 10.9. The number of ether oxygens (including phenoxy) is 1. The lowest BCUT2D eigenvalue weighted by Gasteiger charge is -2.12. The summed E-state index contributed by atoms with van der Waals surface area (Å²) >= 11 is 0. The Labute approximate surface area is 179 Å². The van der Waals surface area contributed by atoms with Crippen molar-refractivity contribution in [1.29, 1.82) is 0 Å². The lowest BCUT2D eigenvalue weighted by atomic mass is 10.0. The first-order valence-corrected chi connectivity index (χ1v) is 9.92. The highest BCUT2D eigenvalue weighted by molar-refractivity contribution is 6.07. The smallest absolute Gasteiger partial charge is 0.340 e. The molecule has 1 unspecified atom stereocenters. The molecular formula is C23H25N3O5. The van der Waals surface area contributed by atoms with Crippen molar-refractivity contribution < 1.29 is 19.2 Å². The van der Waals surface area contributed by atoms with Gasteiger partial charge < -0.3 is 23.9 Å². The number of aromatic amines is 1. The highest BCUT2D eigenvalue weighted by atomic mass is 16.5. The zero-order chi connectivity index (χ0) is 22.8. The SMILES string of the molecule is C=CCCn1cc(C#CC(C)(O)c2cc(C)on2)c2c(C(=O)OCC)c(C)[nH]c2c1=O. The van der Waals surface area contributed by atoms with Gasteiger partial charge in [0, 0.05) is 29.9 Å². The van der Waals surface area contributed by atoms with Crippen molar-refractivity contribution in [2.24, 2.45) is 0 Å². The molecule has 3 rings (SSSR count). The number of H-pyrrole nitrogens is 1. The molecule has 3 heterocycles. The molecule has 0 fully saturated rings. The third kappa shape index (κ3) is 4.32. The molecule has 162 valence electrons. The minimum absolute atomic E-state index is 0.197. The number of hydrogen-bond acceptors (Lipinski definition) is 6. The Morgan fingerprint density at radius 2 is 2.23 bits per heavy atom. The third-order valence-electron chi connectivity index (χ3n) is 4.84. The van der Waals surface area contributed by atoms with E-state index in [0.717, 1.165) is 0 Å². The van der Waals surface area contributed by atoms with E-state index in [4.69, 9.17) is 9.26 Å². The normalized spacial score (nSPS) is 12.8. The average molecular weight is 423 g/mol. The molecule has 0 spiro atoms. The Bertz CT molecular complexity index is 1260. The molecule has 0 aliphatic carbocycles. The predicted octanol–water partition coefficient (Wildman–Crippen LogP) is 2.95. The van der Waals surface area contributed by atoms with Gasteiger partial charge in [0.2, 0.25) is 0 Å². The van der Waals surface area contributed by atoms with Gasteiger partial charge in [-0.3, -0.25) is 4.79 Å². The summed E-state index contributed by atoms with van der Waals surface area (Å²) in [5.74, 6) is 5.72. The van der Waals surface area contributed by atoms with E-state index in [2.05, 4.69) is 28.6 Å². The maximum atomic E-state index is 13.0. The molecule has 0 saturated carbocycles. The largest absolute Gasteiger partial charge is 0.462 e. The van der Waals surface area contributed by atoms with Gasteiger partial charge in [-0.15, -0.1) is 6.58 Å². The fourth-order valence-corrected chi connectivity index (χ4v) is 3.28. The van der Waals surface area contributed by atoms with E-state index < -0.39 is 11.6 Å². The van der Waals surface area contributed by atoms with Gasteiger partial charge >= 0.3 is 5.97 Å². The van der Waals surface area contributed by atoms with Crippen LogP contribution in [0, 0.1) is 25.7 Å². The number of aliphatic hydroxyl groups is 1. The van der Waals surface area contributed by atoms with Crippen LogP contribution in [-0.4, -0.2) is 32.4 Å². The van der Waals surface area contributed by atoms with Crippen LogP contribution in [0.3, 0.4) is 0 Å². The van der Waals surface area contributed by atoms with Crippen molar-refractivity contribution in [1.82, 2.24) is 14.7 Å². The van der Waals surface area contributed by atoms with Crippen molar-refractivity contribution in [3.63, 3.8) is 0 Å². The molecule has 0 amide bonds. The van der Waals surface area contributed by atoms with Crippen LogP contribution in [0.4, 0.5) is 0 Å². The van der Waals surface area contributed by atoms with Crippen LogP contribution >= 0.6 is 0 Å². The number of hydrogen-bond donors (Lipinski definition) is 2. The number of aromatic nitrogens is 3. The number of rotatable bonds is 6. The zero-order valence-electron chi connectivity index (χ0n) is 18.0. The predicted molar refractivity (Wildman–Crippen MR) is 116 cm³/mol. The number of nitrogens with one attached hydrogen (secondary N) is 1. The minimum atomic E-state index is -1.60. The Kier molecular flexibility index (Phi) is 6.18. The number of allylic oxidation sites excluding steroid dienone is 1. The highest BCUT2D eigenvalue weighted by Crippen LogP contribution is 2.25. The lowest BCUT2D eigenvalue weighted by Crippen LogP contribution is -2.21. The fraction of sp³-hybridized carbons (Fsp3) is 0.348. The van der Waals surface area contributed by atoms with E-state index in [1.165, 1.54) is 11.5 Å². The maximum Gasteiger partial charge on any atom is 0.340 e. The van der Waals surface area contributed by atoms with E-state index in [9.17, 15) is 14.7 Å². The molecule has 0 aromatic carbocycles. The topological polar surface area (TPSA) is 110 Å². The van der Waals surface area contributed by atoms with Gasteiger partial charge in [0.15, 0.2) is 5.60 Å². The summed E-state index contributed by atoms with van der Waals surface area (Å²) in [7, 11) is 0. The number of carbonyl (C=O) groups is 1. The lowest BCUT2D eigenvalue weighted by molar-refractivity contribution is 0.0528. The van der Waals surface area contributed by atoms with E-state index in [1.54, 1.807) is 39.1 Å². The van der Waals surface area contributed by atoms with Gasteiger partial charge in [0.25, 0.3) is 5.56 Å². The van der Waals surface area contributed by atoms with Gasteiger partial charge in [0.05, 0.1) is 17.7 Å². The van der Waals surface area contributed by atoms with Crippen molar-refractivity contribution in [3.05, 3.63) is 63.5 Å². The second kappa shape index (κ2) is 8.66. The van der Waals surface area contributed by atoms with Gasteiger partial charge in [0.1, 0.15) is 17.0 Å². The van der Waals surface area contributed by atoms with Crippen molar-refractivity contribution in [2.75, 3.05) is 6.61 Å². The Morgan fingerprint density at radius 3 is 2.84 bits per heavy atom. The van der Waals surface area contributed by atoms with Gasteiger partial charge in [-0.2, -0.15) is 0 Å². The molecule has 8 nitrogen and oxygen atoms in total. The third-order valence-corrected chi connectivity index (χ3v) is 4.84. The summed E-state index contributed by atoms with van der Waals surface area (Å²) in [6.07, 6.45) is 3.88. The molecular weight excluding hydrogens is 398 g/mol. The monoisotopic (exact) mass is 423 g/mol. The number of carbonyl (C=O) groups excluding carboxylic acids is 1. The summed E-state index contributed by atoms with van der Waals surface area (Å²) in [5.41, 5.74) is -0.175. The molecule has 1 atom stereocenters. The number of esters is 1. The molecule has 0 aliphatic rings. The molecule has 8 heteroatoms. The van der Waals surface area contributed by atoms with Crippen molar-refractivity contribution in [2.45, 2.75) is 46.3 Å². The summed E-state index contributed by atoms with van der Waals surface area (Å²) in [6, 6.07) is 1.60. The summed E-state index contributed by atoms with van der Waals surface area (Å²) in [5, 5.41) is 15.0. The van der Waals surface area contributed by atoms with Crippen LogP contribution < -0.4 is 5.56 Å².